The number of nitrogens with two attached hydrogens (primary N) is 1. The van der Waals surface area contributed by atoms with Gasteiger partial charge < -0.3 is 8.59 Å². The summed E-state index contributed by atoms with van der Waals surface area (Å²) in [4.78, 5) is 10.4. The molecule has 1 amide bonds. The van der Waals surface area contributed by atoms with Crippen LogP contribution in [0.5, 0.6) is 0 Å². The zero-order valence-corrected chi connectivity index (χ0v) is 15.6. The molecule has 88 valence electrons. The van der Waals surface area contributed by atoms with E-state index in [-0.39, 0.29) is 67.9 Å². The van der Waals surface area contributed by atoms with Crippen molar-refractivity contribution in [3.05, 3.63) is 0 Å². The minimum atomic E-state index is -0.159. The molecule has 0 bridgehead atoms. The van der Waals surface area contributed by atoms with Crippen molar-refractivity contribution in [2.24, 2.45) is 5.73 Å². The van der Waals surface area contributed by atoms with E-state index in [9.17, 15) is 4.79 Å². The molecule has 0 aromatic heterocycles. The van der Waals surface area contributed by atoms with E-state index in [0.717, 1.165) is 12.8 Å². The van der Waals surface area contributed by atoms with E-state index in [4.69, 9.17) is 5.73 Å². The SMILES string of the molecule is CCCCCCCCCCCC(N)=O.[H-].[H-].[Na+].[Na+]. The molecule has 2 nitrogen and oxygen atoms in total. The van der Waals surface area contributed by atoms with Crippen LogP contribution in [0.1, 0.15) is 74.0 Å². The summed E-state index contributed by atoms with van der Waals surface area (Å²) < 4.78 is 0. The number of hydrogen-bond donors (Lipinski definition) is 1. The molecule has 0 fully saturated rings. The molecule has 0 aliphatic rings. The predicted molar refractivity (Wildman–Crippen MR) is 63.3 cm³/mol. The monoisotopic (exact) mass is 247 g/mol. The van der Waals surface area contributed by atoms with Crippen molar-refractivity contribution >= 4 is 5.91 Å². The number of amides is 1. The average Bonchev–Trinajstić information content (AvgIpc) is 2.15. The normalized spacial score (nSPS) is 9.06. The Morgan fingerprint density at radius 1 is 0.875 bits per heavy atom. The number of rotatable bonds is 10. The summed E-state index contributed by atoms with van der Waals surface area (Å²) in [5.41, 5.74) is 5.05. The van der Waals surface area contributed by atoms with Gasteiger partial charge in [0.25, 0.3) is 0 Å². The van der Waals surface area contributed by atoms with Crippen molar-refractivity contribution in [3.63, 3.8) is 0 Å². The second-order valence-corrected chi connectivity index (χ2v) is 4.04. The first-order valence-corrected chi connectivity index (χ1v) is 6.05. The van der Waals surface area contributed by atoms with E-state index in [1.54, 1.807) is 0 Å². The maximum atomic E-state index is 10.4. The van der Waals surface area contributed by atoms with Crippen molar-refractivity contribution in [2.75, 3.05) is 0 Å². The molecule has 0 aliphatic heterocycles. The second kappa shape index (κ2) is 18.8. The number of carbonyl (C=O) groups excluding carboxylic acids is 1. The molecule has 16 heavy (non-hydrogen) atoms. The Balaban J connectivity index is -0.000000141. The molecule has 2 N–H and O–H groups in total. The predicted octanol–water partition coefficient (Wildman–Crippen LogP) is -2.37. The van der Waals surface area contributed by atoms with Crippen LogP contribution in [0.3, 0.4) is 0 Å². The van der Waals surface area contributed by atoms with Crippen molar-refractivity contribution in [2.45, 2.75) is 71.1 Å². The average molecular weight is 247 g/mol. The van der Waals surface area contributed by atoms with Crippen LogP contribution in [0.25, 0.3) is 0 Å². The summed E-state index contributed by atoms with van der Waals surface area (Å²) in [5.74, 6) is -0.159. The van der Waals surface area contributed by atoms with E-state index in [1.165, 1.54) is 44.9 Å². The third-order valence-electron chi connectivity index (χ3n) is 2.53. The number of primary amides is 1. The van der Waals surface area contributed by atoms with Gasteiger partial charge in [0.2, 0.25) is 5.91 Å². The van der Waals surface area contributed by atoms with Gasteiger partial charge in [-0.2, -0.15) is 0 Å². The maximum Gasteiger partial charge on any atom is 1.00 e. The van der Waals surface area contributed by atoms with Gasteiger partial charge in [0.1, 0.15) is 0 Å². The molecule has 0 heterocycles. The van der Waals surface area contributed by atoms with Crippen molar-refractivity contribution in [1.29, 1.82) is 0 Å². The first-order valence-electron chi connectivity index (χ1n) is 6.05. The molecule has 0 unspecified atom stereocenters. The first kappa shape index (κ1) is 22.6. The Morgan fingerprint density at radius 2 is 1.25 bits per heavy atom. The number of carbonyl (C=O) groups is 1. The molecule has 0 aliphatic carbocycles. The van der Waals surface area contributed by atoms with Crippen LogP contribution >= 0.6 is 0 Å². The Labute approximate surface area is 148 Å². The standard InChI is InChI=1S/C12H25NO.2Na.2H/c1-2-3-4-5-6-7-8-9-10-11-12(13)14;;;;/h2-11H2,1H3,(H2,13,14);;;;/q;2*+1;2*-1. The van der Waals surface area contributed by atoms with Gasteiger partial charge in [-0.25, -0.2) is 0 Å². The second-order valence-electron chi connectivity index (χ2n) is 4.04. The van der Waals surface area contributed by atoms with Crippen LogP contribution < -0.4 is 64.8 Å². The van der Waals surface area contributed by atoms with Crippen molar-refractivity contribution < 1.29 is 66.8 Å². The van der Waals surface area contributed by atoms with Gasteiger partial charge in [-0.15, -0.1) is 0 Å². The molecule has 0 aromatic carbocycles. The van der Waals surface area contributed by atoms with Crippen LogP contribution in [0.2, 0.25) is 0 Å². The quantitative estimate of drug-likeness (QED) is 0.340. The molecule has 0 aromatic rings. The van der Waals surface area contributed by atoms with E-state index >= 15 is 0 Å². The summed E-state index contributed by atoms with van der Waals surface area (Å²) in [7, 11) is 0. The van der Waals surface area contributed by atoms with E-state index < -0.39 is 0 Å². The zero-order chi connectivity index (χ0) is 10.6. The Morgan fingerprint density at radius 3 is 1.62 bits per heavy atom. The van der Waals surface area contributed by atoms with E-state index in [0.29, 0.717) is 6.42 Å². The fraction of sp³-hybridized carbons (Fsp3) is 0.917. The third kappa shape index (κ3) is 20.8. The maximum absolute atomic E-state index is 10.4. The number of unbranched alkanes of at least 4 members (excludes halogenated alkanes) is 8. The zero-order valence-electron chi connectivity index (χ0n) is 13.6. The van der Waals surface area contributed by atoms with Gasteiger partial charge in [0, 0.05) is 6.42 Å². The van der Waals surface area contributed by atoms with Crippen LogP contribution in [-0.2, 0) is 4.79 Å². The molecule has 0 radical (unpaired) electrons. The van der Waals surface area contributed by atoms with Gasteiger partial charge in [0.05, 0.1) is 0 Å². The Bertz CT molecular complexity index is 152. The minimum Gasteiger partial charge on any atom is -1.00 e. The Kier molecular flexibility index (Phi) is 26.6. The van der Waals surface area contributed by atoms with Gasteiger partial charge in [-0.3, -0.25) is 4.79 Å². The smallest absolute Gasteiger partial charge is 1.00 e. The van der Waals surface area contributed by atoms with E-state index in [1.807, 2.05) is 0 Å². The summed E-state index contributed by atoms with van der Waals surface area (Å²) in [6.07, 6.45) is 12.1. The fourth-order valence-electron chi connectivity index (χ4n) is 1.61. The minimum absolute atomic E-state index is 0. The van der Waals surface area contributed by atoms with Crippen LogP contribution in [-0.4, -0.2) is 5.91 Å². The summed E-state index contributed by atoms with van der Waals surface area (Å²) in [6, 6.07) is 0. The molecular formula is C12H27NNa2O. The Hall–Kier alpha value is 1.47. The molecule has 0 saturated carbocycles. The summed E-state index contributed by atoms with van der Waals surface area (Å²) in [5, 5.41) is 0. The molecule has 0 atom stereocenters. The van der Waals surface area contributed by atoms with Gasteiger partial charge >= 0.3 is 59.1 Å². The topological polar surface area (TPSA) is 43.1 Å². The molecule has 0 spiro atoms. The third-order valence-corrected chi connectivity index (χ3v) is 2.53. The van der Waals surface area contributed by atoms with E-state index in [2.05, 4.69) is 6.92 Å². The van der Waals surface area contributed by atoms with Crippen molar-refractivity contribution in [3.8, 4) is 0 Å². The van der Waals surface area contributed by atoms with Crippen molar-refractivity contribution in [1.82, 2.24) is 0 Å². The van der Waals surface area contributed by atoms with Gasteiger partial charge in [0.15, 0.2) is 0 Å². The molecule has 0 saturated heterocycles. The van der Waals surface area contributed by atoms with Gasteiger partial charge in [-0.05, 0) is 6.42 Å². The largest absolute Gasteiger partial charge is 1.00 e. The summed E-state index contributed by atoms with van der Waals surface area (Å²) >= 11 is 0. The first-order chi connectivity index (χ1) is 6.77. The molecule has 0 rings (SSSR count). The van der Waals surface area contributed by atoms with Crippen LogP contribution in [0.4, 0.5) is 0 Å². The van der Waals surface area contributed by atoms with Crippen LogP contribution in [0.15, 0.2) is 0 Å². The number of hydrogen-bond acceptors (Lipinski definition) is 1. The summed E-state index contributed by atoms with van der Waals surface area (Å²) in [6.45, 7) is 2.24. The molecular weight excluding hydrogens is 220 g/mol. The molecule has 4 heteroatoms. The van der Waals surface area contributed by atoms with Crippen LogP contribution in [0, 0.1) is 0 Å². The van der Waals surface area contributed by atoms with Gasteiger partial charge in [-0.1, -0.05) is 58.3 Å². The fourth-order valence-corrected chi connectivity index (χ4v) is 1.61.